The molecule has 0 bridgehead atoms. The van der Waals surface area contributed by atoms with Crippen LogP contribution in [0.3, 0.4) is 0 Å². The van der Waals surface area contributed by atoms with Gasteiger partial charge in [-0.25, -0.2) is 0 Å². The fourth-order valence-electron chi connectivity index (χ4n) is 1.12. The Kier molecular flexibility index (Phi) is 25.8. The minimum Gasteiger partial charge on any atom is -0.454 e. The first-order valence-electron chi connectivity index (χ1n) is 6.69. The molecule has 0 saturated heterocycles. The lowest BCUT2D eigenvalue weighted by molar-refractivity contribution is 0.0899. The van der Waals surface area contributed by atoms with Gasteiger partial charge in [-0.05, 0) is 19.3 Å². The fraction of sp³-hybridized carbons (Fsp3) is 1.00. The molecule has 0 heterocycles. The van der Waals surface area contributed by atoms with Gasteiger partial charge in [0.1, 0.15) is 0 Å². The molecule has 0 aliphatic carbocycles. The van der Waals surface area contributed by atoms with E-state index in [-0.39, 0.29) is 14.9 Å². The van der Waals surface area contributed by atoms with Gasteiger partial charge in [0, 0.05) is 19.8 Å². The van der Waals surface area contributed by atoms with Gasteiger partial charge in [-0.1, -0.05) is 54.9 Å². The molecule has 3 nitrogen and oxygen atoms in total. The molecular formula is C14H35AlO3. The van der Waals surface area contributed by atoms with Crippen molar-refractivity contribution < 1.29 is 11.4 Å². The zero-order valence-corrected chi connectivity index (χ0v) is 12.3. The van der Waals surface area contributed by atoms with Crippen LogP contribution in [0, 0.1) is 0 Å². The first-order valence-corrected chi connectivity index (χ1v) is 8.11. The highest BCUT2D eigenvalue weighted by Gasteiger charge is 2.30. The van der Waals surface area contributed by atoms with Crippen LogP contribution in [0.2, 0.25) is 0 Å². The zero-order valence-electron chi connectivity index (χ0n) is 11.2. The van der Waals surface area contributed by atoms with E-state index in [4.69, 9.17) is 11.4 Å². The Bertz CT molecular complexity index is 110. The van der Waals surface area contributed by atoms with Crippen LogP contribution in [0.15, 0.2) is 0 Å². The van der Waals surface area contributed by atoms with Crippen LogP contribution in [0.25, 0.3) is 0 Å². The van der Waals surface area contributed by atoms with Crippen LogP contribution in [0.5, 0.6) is 0 Å². The summed E-state index contributed by atoms with van der Waals surface area (Å²) in [5.74, 6) is 0. The molecule has 112 valence electrons. The SMILES string of the molecule is C.C.CCCC[O][Al]([O]CCCC)[O]CCCC. The lowest BCUT2D eigenvalue weighted by Gasteiger charge is -2.13. The second-order valence-corrected chi connectivity index (χ2v) is 5.54. The Morgan fingerprint density at radius 1 is 0.611 bits per heavy atom. The molecule has 0 aliphatic rings. The van der Waals surface area contributed by atoms with Gasteiger partial charge in [-0.3, -0.25) is 0 Å². The topological polar surface area (TPSA) is 27.7 Å². The third-order valence-corrected chi connectivity index (χ3v) is 3.78. The summed E-state index contributed by atoms with van der Waals surface area (Å²) in [5, 5.41) is 0. The van der Waals surface area contributed by atoms with Crippen molar-refractivity contribution in [3.8, 4) is 0 Å². The maximum Gasteiger partial charge on any atom is 0.905 e. The van der Waals surface area contributed by atoms with Crippen LogP contribution in [-0.2, 0) is 11.4 Å². The molecule has 0 radical (unpaired) electrons. The molecule has 0 aliphatic heterocycles. The average molecular weight is 278 g/mol. The van der Waals surface area contributed by atoms with Gasteiger partial charge in [-0.15, -0.1) is 0 Å². The normalized spacial score (nSPS) is 9.50. The van der Waals surface area contributed by atoms with Crippen LogP contribution in [-0.4, -0.2) is 35.0 Å². The number of hydrogen-bond acceptors (Lipinski definition) is 3. The van der Waals surface area contributed by atoms with E-state index in [0.29, 0.717) is 0 Å². The molecule has 18 heavy (non-hydrogen) atoms. The molecule has 0 amide bonds. The fourth-order valence-corrected chi connectivity index (χ4v) is 2.48. The van der Waals surface area contributed by atoms with Crippen molar-refractivity contribution in [2.75, 3.05) is 19.8 Å². The molecule has 0 spiro atoms. The summed E-state index contributed by atoms with van der Waals surface area (Å²) < 4.78 is 17.0. The Hall–Kier alpha value is 0.412. The second-order valence-electron chi connectivity index (χ2n) is 3.96. The van der Waals surface area contributed by atoms with E-state index in [9.17, 15) is 0 Å². The third kappa shape index (κ3) is 16.4. The van der Waals surface area contributed by atoms with Crippen LogP contribution in [0.4, 0.5) is 0 Å². The van der Waals surface area contributed by atoms with E-state index >= 15 is 0 Å². The molecule has 0 aromatic rings. The summed E-state index contributed by atoms with van der Waals surface area (Å²) in [6.07, 6.45) is 6.76. The van der Waals surface area contributed by atoms with Crippen molar-refractivity contribution in [3.05, 3.63) is 0 Å². The van der Waals surface area contributed by atoms with Crippen molar-refractivity contribution in [1.82, 2.24) is 0 Å². The highest BCUT2D eigenvalue weighted by atomic mass is 27.3. The van der Waals surface area contributed by atoms with Crippen molar-refractivity contribution in [1.29, 1.82) is 0 Å². The monoisotopic (exact) mass is 278 g/mol. The molecule has 0 aromatic carbocycles. The van der Waals surface area contributed by atoms with E-state index in [2.05, 4.69) is 20.8 Å². The van der Waals surface area contributed by atoms with Crippen molar-refractivity contribution in [2.45, 2.75) is 74.1 Å². The van der Waals surface area contributed by atoms with Gasteiger partial charge in [0.25, 0.3) is 0 Å². The first-order chi connectivity index (χ1) is 7.85. The summed E-state index contributed by atoms with van der Waals surface area (Å²) in [6.45, 7) is 8.84. The number of hydrogen-bond donors (Lipinski definition) is 0. The van der Waals surface area contributed by atoms with E-state index < -0.39 is 15.1 Å². The molecule has 4 heteroatoms. The van der Waals surface area contributed by atoms with Gasteiger partial charge in [0.15, 0.2) is 0 Å². The predicted octanol–water partition coefficient (Wildman–Crippen LogP) is 4.69. The molecule has 0 aromatic heterocycles. The largest absolute Gasteiger partial charge is 0.905 e. The Labute approximate surface area is 121 Å². The lowest BCUT2D eigenvalue weighted by Crippen LogP contribution is -2.28. The first kappa shape index (κ1) is 23.5. The highest BCUT2D eigenvalue weighted by Crippen LogP contribution is 2.00. The molecule has 0 N–H and O–H groups in total. The van der Waals surface area contributed by atoms with Gasteiger partial charge in [0.05, 0.1) is 0 Å². The van der Waals surface area contributed by atoms with Gasteiger partial charge < -0.3 is 11.4 Å². The third-order valence-electron chi connectivity index (χ3n) is 2.26. The van der Waals surface area contributed by atoms with Crippen LogP contribution in [0.1, 0.15) is 74.1 Å². The Morgan fingerprint density at radius 3 is 1.11 bits per heavy atom. The summed E-state index contributed by atoms with van der Waals surface area (Å²) in [4.78, 5) is 0. The van der Waals surface area contributed by atoms with Gasteiger partial charge >= 0.3 is 15.1 Å². The van der Waals surface area contributed by atoms with E-state index in [1.165, 1.54) is 0 Å². The van der Waals surface area contributed by atoms with Crippen molar-refractivity contribution in [2.24, 2.45) is 0 Å². The number of rotatable bonds is 12. The molecule has 0 fully saturated rings. The second kappa shape index (κ2) is 19.7. The molecule has 0 rings (SSSR count). The Balaban J connectivity index is -0.00000112. The quantitative estimate of drug-likeness (QED) is 0.383. The number of unbranched alkanes of at least 4 members (excludes halogenated alkanes) is 3. The Morgan fingerprint density at radius 2 is 0.889 bits per heavy atom. The predicted molar refractivity (Wildman–Crippen MR) is 81.8 cm³/mol. The van der Waals surface area contributed by atoms with E-state index in [0.717, 1.165) is 58.3 Å². The summed E-state index contributed by atoms with van der Waals surface area (Å²) in [7, 11) is 0. The average Bonchev–Trinajstić information content (AvgIpc) is 2.29. The molecular weight excluding hydrogens is 243 g/mol. The summed E-state index contributed by atoms with van der Waals surface area (Å²) in [5.41, 5.74) is 0. The van der Waals surface area contributed by atoms with Gasteiger partial charge in [0.2, 0.25) is 0 Å². The minimum absolute atomic E-state index is 0. The van der Waals surface area contributed by atoms with Crippen LogP contribution < -0.4 is 0 Å². The molecule has 0 saturated carbocycles. The maximum absolute atomic E-state index is 5.67. The standard InChI is InChI=1S/3C4H9O.2CH4.Al/c3*1-2-3-4-5;;;/h3*2-4H2,1H3;2*1H4;/q3*-1;;;+3. The summed E-state index contributed by atoms with van der Waals surface area (Å²) in [6, 6.07) is 0. The highest BCUT2D eigenvalue weighted by molar-refractivity contribution is 6.36. The van der Waals surface area contributed by atoms with Gasteiger partial charge in [-0.2, -0.15) is 0 Å². The zero-order chi connectivity index (χ0) is 12.1. The molecule has 0 unspecified atom stereocenters. The maximum atomic E-state index is 5.67. The summed E-state index contributed by atoms with van der Waals surface area (Å²) >= 11 is -1.83. The van der Waals surface area contributed by atoms with E-state index in [1.807, 2.05) is 0 Å². The van der Waals surface area contributed by atoms with Crippen LogP contribution >= 0.6 is 0 Å². The lowest BCUT2D eigenvalue weighted by atomic mass is 10.4. The van der Waals surface area contributed by atoms with E-state index in [1.54, 1.807) is 0 Å². The van der Waals surface area contributed by atoms with Crippen molar-refractivity contribution >= 4 is 15.1 Å². The molecule has 0 atom stereocenters. The minimum atomic E-state index is -1.83. The smallest absolute Gasteiger partial charge is 0.454 e. The van der Waals surface area contributed by atoms with Crippen molar-refractivity contribution in [3.63, 3.8) is 0 Å².